The van der Waals surface area contributed by atoms with E-state index in [-0.39, 0.29) is 30.9 Å². The summed E-state index contributed by atoms with van der Waals surface area (Å²) in [5.41, 5.74) is 13.0. The molecule has 3 amide bonds. The number of nitro benzene ring substituents is 1. The van der Waals surface area contributed by atoms with Crippen LogP contribution in [0.5, 0.6) is 0 Å². The third-order valence-electron chi connectivity index (χ3n) is 5.29. The van der Waals surface area contributed by atoms with Crippen LogP contribution in [0.4, 0.5) is 21.0 Å². The lowest BCUT2D eigenvalue weighted by molar-refractivity contribution is -0.384. The van der Waals surface area contributed by atoms with Crippen molar-refractivity contribution in [1.82, 2.24) is 5.32 Å². The fourth-order valence-electron chi connectivity index (χ4n) is 3.54. The summed E-state index contributed by atoms with van der Waals surface area (Å²) in [6.45, 7) is 4.61. The van der Waals surface area contributed by atoms with E-state index in [4.69, 9.17) is 25.5 Å². The average Bonchev–Trinajstić information content (AvgIpc) is 2.88. The number of nitrogens with one attached hydrogen (secondary N) is 2. The number of azide groups is 1. The quantitative estimate of drug-likeness (QED) is 0.0516. The molecule has 1 heterocycles. The maximum atomic E-state index is 12.8. The van der Waals surface area contributed by atoms with E-state index in [1.165, 1.54) is 18.2 Å². The summed E-state index contributed by atoms with van der Waals surface area (Å²) in [4.78, 5) is 49.7. The number of nitro groups is 1. The van der Waals surface area contributed by atoms with Crippen molar-refractivity contribution < 1.29 is 38.6 Å². The number of primary amides is 1. The monoisotopic (exact) mass is 567 g/mol. The van der Waals surface area contributed by atoms with Gasteiger partial charge < -0.3 is 30.4 Å². The number of aliphatic hydroxyl groups excluding tert-OH is 1. The molecule has 0 bridgehead atoms. The molecule has 2 rings (SSSR count). The summed E-state index contributed by atoms with van der Waals surface area (Å²) in [6.07, 6.45) is -4.55. The topological polar surface area (TPSA) is 241 Å². The zero-order valence-corrected chi connectivity index (χ0v) is 21.7. The number of alkyl carbamates (subject to hydrolysis) is 1. The zero-order valence-electron chi connectivity index (χ0n) is 20.9. The lowest BCUT2D eigenvalue weighted by Crippen LogP contribution is -2.64. The Morgan fingerprint density at radius 2 is 2.15 bits per heavy atom. The summed E-state index contributed by atoms with van der Waals surface area (Å²) >= 11 is 1.13. The van der Waals surface area contributed by atoms with Crippen LogP contribution in [0.25, 0.3) is 10.4 Å². The number of aliphatic hydroxyl groups is 1. The zero-order chi connectivity index (χ0) is 28.9. The van der Waals surface area contributed by atoms with Crippen LogP contribution in [0.1, 0.15) is 18.4 Å². The van der Waals surface area contributed by atoms with Crippen LogP contribution in [0.2, 0.25) is 0 Å². The van der Waals surface area contributed by atoms with Gasteiger partial charge in [0.15, 0.2) is 6.10 Å². The van der Waals surface area contributed by atoms with E-state index < -0.39 is 52.8 Å². The molecule has 212 valence electrons. The third-order valence-corrected chi connectivity index (χ3v) is 6.55. The van der Waals surface area contributed by atoms with Crippen molar-refractivity contribution in [3.8, 4) is 0 Å². The van der Waals surface area contributed by atoms with Crippen LogP contribution in [-0.4, -0.2) is 76.8 Å². The van der Waals surface area contributed by atoms with Gasteiger partial charge in [0.2, 0.25) is 5.91 Å². The second-order valence-electron chi connectivity index (χ2n) is 8.22. The molecule has 1 aliphatic rings. The molecule has 0 unspecified atom stereocenters. The number of nitrogens with zero attached hydrogens (tertiary/aromatic N) is 4. The Morgan fingerprint density at radius 1 is 1.41 bits per heavy atom. The first-order valence-electron chi connectivity index (χ1n) is 11.6. The number of hydrogen-bond donors (Lipinski definition) is 4. The van der Waals surface area contributed by atoms with Crippen LogP contribution < -0.4 is 16.4 Å². The lowest BCUT2D eigenvalue weighted by atomic mass is 9.97. The van der Waals surface area contributed by atoms with Gasteiger partial charge in [-0.1, -0.05) is 23.8 Å². The van der Waals surface area contributed by atoms with Gasteiger partial charge >= 0.3 is 12.2 Å². The van der Waals surface area contributed by atoms with E-state index in [0.717, 1.165) is 11.8 Å². The van der Waals surface area contributed by atoms with Crippen molar-refractivity contribution in [2.75, 3.05) is 24.2 Å². The highest BCUT2D eigenvalue weighted by Crippen LogP contribution is 2.32. The maximum absolute atomic E-state index is 12.8. The van der Waals surface area contributed by atoms with Gasteiger partial charge in [-0.3, -0.25) is 20.2 Å². The number of anilines is 1. The second kappa shape index (κ2) is 15.4. The van der Waals surface area contributed by atoms with E-state index in [0.29, 0.717) is 17.7 Å². The summed E-state index contributed by atoms with van der Waals surface area (Å²) in [5, 5.41) is 30.6. The lowest BCUT2D eigenvalue weighted by Gasteiger charge is -2.43. The Hall–Kier alpha value is -4.05. The molecular formula is C22H29N7O9S. The molecule has 16 nitrogen and oxygen atoms in total. The SMILES string of the molecule is C=CCOC(=O)N[C@@H]1[C@@H](OC(=O)Nc2ccc(C)cc2[N+](=O)[O-])[C@@H](O)[C@@H](CN=[N+]=[N-])O[C@@H]1SCCCC(N)=O. The number of thioether (sulfide) groups is 1. The molecule has 0 radical (unpaired) electrons. The first-order valence-corrected chi connectivity index (χ1v) is 12.6. The minimum Gasteiger partial charge on any atom is -0.445 e. The Labute approximate surface area is 227 Å². The molecule has 0 spiro atoms. The number of amides is 3. The van der Waals surface area contributed by atoms with Crippen molar-refractivity contribution in [2.45, 2.75) is 49.6 Å². The highest BCUT2D eigenvalue weighted by atomic mass is 32.2. The third kappa shape index (κ3) is 9.64. The van der Waals surface area contributed by atoms with Gasteiger partial charge in [-0.2, -0.15) is 0 Å². The summed E-state index contributed by atoms with van der Waals surface area (Å²) in [6, 6.07) is 2.92. The molecule has 1 saturated heterocycles. The van der Waals surface area contributed by atoms with Crippen molar-refractivity contribution in [2.24, 2.45) is 10.8 Å². The normalized spacial score (nSPS) is 22.1. The van der Waals surface area contributed by atoms with Gasteiger partial charge in [0.05, 0.1) is 17.6 Å². The fraction of sp³-hybridized carbons (Fsp3) is 0.500. The molecule has 17 heteroatoms. The van der Waals surface area contributed by atoms with Gasteiger partial charge in [-0.15, -0.1) is 11.8 Å². The molecule has 0 aromatic heterocycles. The van der Waals surface area contributed by atoms with Crippen molar-refractivity contribution in [3.63, 3.8) is 0 Å². The smallest absolute Gasteiger partial charge is 0.412 e. The first-order chi connectivity index (χ1) is 18.6. The Kier molecular flexibility index (Phi) is 12.3. The van der Waals surface area contributed by atoms with Gasteiger partial charge in [0, 0.05) is 17.4 Å². The second-order valence-corrected chi connectivity index (χ2v) is 9.42. The number of aryl methyl sites for hydroxylation is 1. The van der Waals surface area contributed by atoms with Crippen molar-refractivity contribution in [3.05, 3.63) is 57.0 Å². The minimum atomic E-state index is -1.60. The molecular weight excluding hydrogens is 538 g/mol. The van der Waals surface area contributed by atoms with Crippen LogP contribution in [0.15, 0.2) is 36.0 Å². The van der Waals surface area contributed by atoms with Crippen LogP contribution >= 0.6 is 11.8 Å². The predicted octanol–water partition coefficient (Wildman–Crippen LogP) is 2.50. The minimum absolute atomic E-state index is 0.0850. The van der Waals surface area contributed by atoms with E-state index in [2.05, 4.69) is 27.2 Å². The molecule has 5 atom stereocenters. The molecule has 1 aliphatic heterocycles. The number of nitrogens with two attached hydrogens (primary N) is 1. The van der Waals surface area contributed by atoms with Gasteiger partial charge in [-0.05, 0) is 36.3 Å². The fourth-order valence-corrected chi connectivity index (χ4v) is 4.73. The largest absolute Gasteiger partial charge is 0.445 e. The molecule has 0 aliphatic carbocycles. The van der Waals surface area contributed by atoms with Gasteiger partial charge in [0.25, 0.3) is 5.69 Å². The van der Waals surface area contributed by atoms with Crippen molar-refractivity contribution >= 4 is 41.2 Å². The number of ether oxygens (including phenoxy) is 3. The number of carbonyl (C=O) groups is 3. The molecule has 39 heavy (non-hydrogen) atoms. The highest BCUT2D eigenvalue weighted by molar-refractivity contribution is 7.99. The molecule has 5 N–H and O–H groups in total. The van der Waals surface area contributed by atoms with Crippen LogP contribution in [0, 0.1) is 17.0 Å². The van der Waals surface area contributed by atoms with Gasteiger partial charge in [-0.25, -0.2) is 9.59 Å². The highest BCUT2D eigenvalue weighted by Gasteiger charge is 2.48. The number of hydrogen-bond acceptors (Lipinski definition) is 11. The predicted molar refractivity (Wildman–Crippen MR) is 140 cm³/mol. The maximum Gasteiger partial charge on any atom is 0.412 e. The first kappa shape index (κ1) is 31.2. The van der Waals surface area contributed by atoms with E-state index in [1.54, 1.807) is 13.0 Å². The van der Waals surface area contributed by atoms with E-state index in [9.17, 15) is 29.6 Å². The number of benzene rings is 1. The molecule has 0 saturated carbocycles. The van der Waals surface area contributed by atoms with Crippen molar-refractivity contribution in [1.29, 1.82) is 0 Å². The molecule has 1 fully saturated rings. The standard InChI is InChI=1S/C22H29N7O9S/c1-3-8-36-21(32)27-17-19(38-22(33)26-13-7-6-12(2)10-14(13)29(34)35)18(31)15(11-25-28-24)37-20(17)39-9-4-5-16(23)30/h3,6-7,10,15,17-20,31H,1,4-5,8-9,11H2,2H3,(H2,23,30)(H,26,33)(H,27,32)/t15-,17-,18+,19-,20-/m1/s1. The average molecular weight is 568 g/mol. The Bertz CT molecular complexity index is 1120. The number of carbonyl (C=O) groups excluding carboxylic acids is 3. The van der Waals surface area contributed by atoms with E-state index in [1.807, 2.05) is 0 Å². The van der Waals surface area contributed by atoms with E-state index >= 15 is 0 Å². The molecule has 1 aromatic carbocycles. The molecule has 1 aromatic rings. The Balaban J connectivity index is 2.34. The van der Waals surface area contributed by atoms with Crippen LogP contribution in [0.3, 0.4) is 0 Å². The summed E-state index contributed by atoms with van der Waals surface area (Å²) < 4.78 is 16.3. The van der Waals surface area contributed by atoms with Gasteiger partial charge in [0.1, 0.15) is 29.9 Å². The summed E-state index contributed by atoms with van der Waals surface area (Å²) in [5.74, 6) is -0.186. The number of rotatable bonds is 13. The Morgan fingerprint density at radius 3 is 2.79 bits per heavy atom. The van der Waals surface area contributed by atoms with Crippen LogP contribution in [-0.2, 0) is 19.0 Å². The summed E-state index contributed by atoms with van der Waals surface area (Å²) in [7, 11) is 0.